The highest BCUT2D eigenvalue weighted by Gasteiger charge is 2.16. The number of hydrogen-bond donors (Lipinski definition) is 1. The number of carbonyl (C=O) groups excluding carboxylic acids is 1. The molecule has 2 aromatic carbocycles. The zero-order valence-electron chi connectivity index (χ0n) is 16.6. The molecule has 1 fully saturated rings. The molecule has 4 rings (SSSR count). The summed E-state index contributed by atoms with van der Waals surface area (Å²) in [7, 11) is -3.80. The van der Waals surface area contributed by atoms with Gasteiger partial charge in [0.1, 0.15) is 0 Å². The Bertz CT molecular complexity index is 1150. The normalized spacial score (nSPS) is 14.0. The van der Waals surface area contributed by atoms with E-state index in [2.05, 4.69) is 19.8 Å². The first-order valence-corrected chi connectivity index (χ1v) is 11.2. The first-order valence-electron chi connectivity index (χ1n) is 9.75. The van der Waals surface area contributed by atoms with Crippen LogP contribution in [0, 0.1) is 0 Å². The first-order chi connectivity index (χ1) is 14.4. The standard InChI is InChI=1S/C22H22N4O3S/c1-16(27)18-5-4-6-20(15-18)30(28,29)25-19-9-7-17(8-10-19)21-11-12-22(24-23-21)26-13-2-3-14-26/h4-12,15,25H,2-3,13-14H2,1H3. The number of carbonyl (C=O) groups is 1. The van der Waals surface area contributed by atoms with Crippen LogP contribution < -0.4 is 9.62 Å². The molecule has 3 aromatic rings. The van der Waals surface area contributed by atoms with Crippen molar-refractivity contribution in [3.05, 3.63) is 66.2 Å². The summed E-state index contributed by atoms with van der Waals surface area (Å²) in [5, 5.41) is 8.63. The number of benzene rings is 2. The van der Waals surface area contributed by atoms with E-state index < -0.39 is 10.0 Å². The zero-order chi connectivity index (χ0) is 21.1. The summed E-state index contributed by atoms with van der Waals surface area (Å²) < 4.78 is 27.8. The lowest BCUT2D eigenvalue weighted by Gasteiger charge is -2.15. The van der Waals surface area contributed by atoms with Gasteiger partial charge in [-0.1, -0.05) is 24.3 Å². The van der Waals surface area contributed by atoms with Crippen molar-refractivity contribution in [1.82, 2.24) is 10.2 Å². The molecule has 2 heterocycles. The van der Waals surface area contributed by atoms with Gasteiger partial charge in [0.25, 0.3) is 10.0 Å². The predicted molar refractivity (Wildman–Crippen MR) is 116 cm³/mol. The number of aromatic nitrogens is 2. The zero-order valence-corrected chi connectivity index (χ0v) is 17.4. The average Bonchev–Trinajstić information content (AvgIpc) is 3.29. The van der Waals surface area contributed by atoms with E-state index in [0.717, 1.165) is 30.2 Å². The molecule has 1 aliphatic heterocycles. The molecule has 0 saturated carbocycles. The smallest absolute Gasteiger partial charge is 0.261 e. The third kappa shape index (κ3) is 4.33. The van der Waals surface area contributed by atoms with E-state index in [-0.39, 0.29) is 10.7 Å². The summed E-state index contributed by atoms with van der Waals surface area (Å²) in [4.78, 5) is 13.8. The molecule has 0 spiro atoms. The van der Waals surface area contributed by atoms with Crippen molar-refractivity contribution in [2.45, 2.75) is 24.7 Å². The lowest BCUT2D eigenvalue weighted by Crippen LogP contribution is -2.19. The van der Waals surface area contributed by atoms with Crippen molar-refractivity contribution in [3.8, 4) is 11.3 Å². The number of ketones is 1. The molecule has 154 valence electrons. The molecule has 1 N–H and O–H groups in total. The van der Waals surface area contributed by atoms with E-state index in [0.29, 0.717) is 11.3 Å². The van der Waals surface area contributed by atoms with Crippen LogP contribution in [0.5, 0.6) is 0 Å². The van der Waals surface area contributed by atoms with Crippen molar-refractivity contribution in [3.63, 3.8) is 0 Å². The van der Waals surface area contributed by atoms with Crippen LogP contribution >= 0.6 is 0 Å². The molecule has 0 aliphatic carbocycles. The summed E-state index contributed by atoms with van der Waals surface area (Å²) in [5.41, 5.74) is 2.34. The summed E-state index contributed by atoms with van der Waals surface area (Å²) in [6.07, 6.45) is 2.36. The maximum atomic E-state index is 12.6. The van der Waals surface area contributed by atoms with E-state index in [1.807, 2.05) is 12.1 Å². The topological polar surface area (TPSA) is 92.3 Å². The van der Waals surface area contributed by atoms with Crippen LogP contribution in [0.2, 0.25) is 0 Å². The lowest BCUT2D eigenvalue weighted by molar-refractivity contribution is 0.101. The number of nitrogens with one attached hydrogen (secondary N) is 1. The predicted octanol–water partition coefficient (Wildman–Crippen LogP) is 3.75. The summed E-state index contributed by atoms with van der Waals surface area (Å²) in [6.45, 7) is 3.43. The van der Waals surface area contributed by atoms with Crippen LogP contribution in [0.4, 0.5) is 11.5 Å². The molecule has 1 saturated heterocycles. The highest BCUT2D eigenvalue weighted by molar-refractivity contribution is 7.92. The third-order valence-corrected chi connectivity index (χ3v) is 6.44. The minimum atomic E-state index is -3.80. The van der Waals surface area contributed by atoms with E-state index in [1.54, 1.807) is 36.4 Å². The van der Waals surface area contributed by atoms with Gasteiger partial charge in [0.2, 0.25) is 0 Å². The Hall–Kier alpha value is -3.26. The van der Waals surface area contributed by atoms with Gasteiger partial charge >= 0.3 is 0 Å². The molecule has 0 amide bonds. The second-order valence-electron chi connectivity index (χ2n) is 7.24. The van der Waals surface area contributed by atoms with Gasteiger partial charge in [-0.3, -0.25) is 9.52 Å². The van der Waals surface area contributed by atoms with E-state index >= 15 is 0 Å². The van der Waals surface area contributed by atoms with Gasteiger partial charge in [0, 0.05) is 29.9 Å². The van der Waals surface area contributed by atoms with Gasteiger partial charge in [-0.05, 0) is 56.2 Å². The molecule has 30 heavy (non-hydrogen) atoms. The Labute approximate surface area is 175 Å². The third-order valence-electron chi connectivity index (χ3n) is 5.06. The van der Waals surface area contributed by atoms with E-state index in [1.165, 1.54) is 31.9 Å². The minimum Gasteiger partial charge on any atom is -0.355 e. The molecule has 7 nitrogen and oxygen atoms in total. The lowest BCUT2D eigenvalue weighted by atomic mass is 10.1. The number of anilines is 2. The Balaban J connectivity index is 1.49. The maximum absolute atomic E-state index is 12.6. The Morgan fingerprint density at radius 1 is 0.967 bits per heavy atom. The molecule has 1 aromatic heterocycles. The fourth-order valence-corrected chi connectivity index (χ4v) is 4.50. The van der Waals surface area contributed by atoms with Crippen LogP contribution in [-0.2, 0) is 10.0 Å². The second-order valence-corrected chi connectivity index (χ2v) is 8.92. The van der Waals surface area contributed by atoms with Crippen molar-refractivity contribution in [2.24, 2.45) is 0 Å². The largest absolute Gasteiger partial charge is 0.355 e. The molecular formula is C22H22N4O3S. The quantitative estimate of drug-likeness (QED) is 0.608. The number of hydrogen-bond acceptors (Lipinski definition) is 6. The summed E-state index contributed by atoms with van der Waals surface area (Å²) in [5.74, 6) is 0.696. The summed E-state index contributed by atoms with van der Waals surface area (Å²) in [6, 6.07) is 16.8. The molecular weight excluding hydrogens is 400 g/mol. The van der Waals surface area contributed by atoms with Gasteiger partial charge in [0.15, 0.2) is 11.6 Å². The molecule has 0 atom stereocenters. The van der Waals surface area contributed by atoms with Gasteiger partial charge in [0.05, 0.1) is 10.6 Å². The average molecular weight is 423 g/mol. The first kappa shape index (κ1) is 20.0. The number of sulfonamides is 1. The maximum Gasteiger partial charge on any atom is 0.261 e. The van der Waals surface area contributed by atoms with Gasteiger partial charge in [-0.25, -0.2) is 8.42 Å². The molecule has 8 heteroatoms. The van der Waals surface area contributed by atoms with Crippen LogP contribution in [0.15, 0.2) is 65.6 Å². The van der Waals surface area contributed by atoms with Crippen molar-refractivity contribution in [1.29, 1.82) is 0 Å². The Kier molecular flexibility index (Phi) is 5.50. The Morgan fingerprint density at radius 2 is 1.70 bits per heavy atom. The van der Waals surface area contributed by atoms with Crippen LogP contribution in [0.1, 0.15) is 30.1 Å². The van der Waals surface area contributed by atoms with Gasteiger partial charge in [-0.15, -0.1) is 10.2 Å². The second kappa shape index (κ2) is 8.23. The molecule has 0 unspecified atom stereocenters. The highest BCUT2D eigenvalue weighted by atomic mass is 32.2. The van der Waals surface area contributed by atoms with Crippen molar-refractivity contribution in [2.75, 3.05) is 22.7 Å². The number of rotatable bonds is 6. The fourth-order valence-electron chi connectivity index (χ4n) is 3.40. The highest BCUT2D eigenvalue weighted by Crippen LogP contribution is 2.24. The summed E-state index contributed by atoms with van der Waals surface area (Å²) >= 11 is 0. The van der Waals surface area contributed by atoms with Gasteiger partial charge in [-0.2, -0.15) is 0 Å². The van der Waals surface area contributed by atoms with Crippen LogP contribution in [-0.4, -0.2) is 37.5 Å². The van der Waals surface area contributed by atoms with E-state index in [4.69, 9.17) is 0 Å². The van der Waals surface area contributed by atoms with Crippen LogP contribution in [0.3, 0.4) is 0 Å². The SMILES string of the molecule is CC(=O)c1cccc(S(=O)(=O)Nc2ccc(-c3ccc(N4CCCC4)nn3)cc2)c1. The van der Waals surface area contributed by atoms with Crippen molar-refractivity contribution < 1.29 is 13.2 Å². The monoisotopic (exact) mass is 422 g/mol. The minimum absolute atomic E-state index is 0.0441. The Morgan fingerprint density at radius 3 is 2.33 bits per heavy atom. The molecule has 0 radical (unpaired) electrons. The molecule has 0 bridgehead atoms. The van der Waals surface area contributed by atoms with Gasteiger partial charge < -0.3 is 4.90 Å². The molecule has 1 aliphatic rings. The van der Waals surface area contributed by atoms with Crippen molar-refractivity contribution >= 4 is 27.3 Å². The van der Waals surface area contributed by atoms with E-state index in [9.17, 15) is 13.2 Å². The fraction of sp³-hybridized carbons (Fsp3) is 0.227. The number of Topliss-reactive ketones (excluding diaryl/α,β-unsaturated/α-hetero) is 1. The number of nitrogens with zero attached hydrogens (tertiary/aromatic N) is 3. The van der Waals surface area contributed by atoms with Crippen LogP contribution in [0.25, 0.3) is 11.3 Å².